The monoisotopic (exact) mass is 408 g/mol. The van der Waals surface area contributed by atoms with Crippen LogP contribution in [0.5, 0.6) is 0 Å². The summed E-state index contributed by atoms with van der Waals surface area (Å²) in [4.78, 5) is 38.6. The van der Waals surface area contributed by atoms with Gasteiger partial charge in [-0.25, -0.2) is 4.79 Å². The van der Waals surface area contributed by atoms with Crippen molar-refractivity contribution in [2.24, 2.45) is 0 Å². The second-order valence-electron chi connectivity index (χ2n) is 7.36. The second kappa shape index (κ2) is 9.89. The van der Waals surface area contributed by atoms with Gasteiger partial charge in [-0.1, -0.05) is 43.5 Å². The molecular weight excluding hydrogens is 380 g/mol. The molecule has 1 aliphatic heterocycles. The number of carbonyl (C=O) groups is 3. The Bertz CT molecular complexity index is 719. The lowest BCUT2D eigenvalue weighted by Gasteiger charge is -2.30. The van der Waals surface area contributed by atoms with Crippen molar-refractivity contribution >= 4 is 30.3 Å². The third kappa shape index (κ3) is 4.83. The smallest absolute Gasteiger partial charge is 0.325 e. The Morgan fingerprint density at radius 2 is 1.82 bits per heavy atom. The molecule has 8 heteroatoms. The fourth-order valence-electron chi connectivity index (χ4n) is 3.89. The fourth-order valence-corrected chi connectivity index (χ4v) is 3.89. The molecule has 1 saturated heterocycles. The Labute approximate surface area is 172 Å². The summed E-state index contributed by atoms with van der Waals surface area (Å²) in [6.07, 6.45) is 4.90. The van der Waals surface area contributed by atoms with Gasteiger partial charge < -0.3 is 16.0 Å². The zero-order valence-corrected chi connectivity index (χ0v) is 17.1. The second-order valence-corrected chi connectivity index (χ2v) is 7.36. The summed E-state index contributed by atoms with van der Waals surface area (Å²) < 4.78 is 0. The molecule has 1 saturated carbocycles. The van der Waals surface area contributed by atoms with Gasteiger partial charge in [0.2, 0.25) is 5.91 Å². The van der Waals surface area contributed by atoms with E-state index in [1.165, 1.54) is 4.90 Å². The average molecular weight is 409 g/mol. The van der Waals surface area contributed by atoms with Gasteiger partial charge >= 0.3 is 6.03 Å². The number of carbonyl (C=O) groups excluding carboxylic acids is 3. The molecule has 7 nitrogen and oxygen atoms in total. The van der Waals surface area contributed by atoms with Crippen molar-refractivity contribution in [2.75, 3.05) is 13.6 Å². The lowest BCUT2D eigenvalue weighted by Crippen LogP contribution is -2.48. The number of hydrogen-bond acceptors (Lipinski definition) is 4. The zero-order chi connectivity index (χ0) is 19.3. The van der Waals surface area contributed by atoms with Crippen molar-refractivity contribution in [1.29, 1.82) is 0 Å². The highest BCUT2D eigenvalue weighted by atomic mass is 35.5. The van der Waals surface area contributed by atoms with Crippen LogP contribution in [0.4, 0.5) is 4.79 Å². The highest BCUT2D eigenvalue weighted by Crippen LogP contribution is 2.34. The summed E-state index contributed by atoms with van der Waals surface area (Å²) in [6.45, 7) is 1.24. The molecule has 1 heterocycles. The molecule has 28 heavy (non-hydrogen) atoms. The van der Waals surface area contributed by atoms with E-state index in [2.05, 4.69) is 16.0 Å². The van der Waals surface area contributed by atoms with Crippen LogP contribution in [0.3, 0.4) is 0 Å². The van der Waals surface area contributed by atoms with Gasteiger partial charge in [0.1, 0.15) is 5.54 Å². The number of urea groups is 1. The summed E-state index contributed by atoms with van der Waals surface area (Å²) in [6, 6.07) is 7.29. The van der Waals surface area contributed by atoms with Crippen LogP contribution >= 0.6 is 12.4 Å². The minimum absolute atomic E-state index is 0. The van der Waals surface area contributed by atoms with Crippen LogP contribution in [0.2, 0.25) is 0 Å². The van der Waals surface area contributed by atoms with Crippen molar-refractivity contribution in [3.8, 4) is 0 Å². The van der Waals surface area contributed by atoms with Gasteiger partial charge in [-0.3, -0.25) is 14.5 Å². The van der Waals surface area contributed by atoms with Crippen molar-refractivity contribution in [2.45, 2.75) is 57.2 Å². The molecule has 0 aromatic heterocycles. The number of hydrogen-bond donors (Lipinski definition) is 3. The van der Waals surface area contributed by atoms with Crippen LogP contribution in [0, 0.1) is 0 Å². The highest BCUT2D eigenvalue weighted by Gasteiger charge is 2.51. The summed E-state index contributed by atoms with van der Waals surface area (Å²) in [7, 11) is 1.81. The predicted molar refractivity (Wildman–Crippen MR) is 109 cm³/mol. The maximum Gasteiger partial charge on any atom is 0.325 e. The van der Waals surface area contributed by atoms with Crippen LogP contribution < -0.4 is 16.0 Å². The first-order valence-corrected chi connectivity index (χ1v) is 9.68. The minimum Gasteiger partial charge on any atom is -0.352 e. The van der Waals surface area contributed by atoms with Gasteiger partial charge in [-0.2, -0.15) is 0 Å². The van der Waals surface area contributed by atoms with E-state index in [1.54, 1.807) is 7.05 Å². The van der Waals surface area contributed by atoms with Gasteiger partial charge in [0, 0.05) is 19.5 Å². The Kier molecular flexibility index (Phi) is 7.83. The quantitative estimate of drug-likeness (QED) is 0.602. The van der Waals surface area contributed by atoms with E-state index in [-0.39, 0.29) is 36.8 Å². The fraction of sp³-hybridized carbons (Fsp3) is 0.550. The van der Waals surface area contributed by atoms with Gasteiger partial charge in [0.05, 0.1) is 6.54 Å². The summed E-state index contributed by atoms with van der Waals surface area (Å²) in [5, 5.41) is 8.78. The van der Waals surface area contributed by atoms with E-state index in [0.717, 1.165) is 43.2 Å². The van der Waals surface area contributed by atoms with E-state index in [1.807, 2.05) is 24.3 Å². The maximum absolute atomic E-state index is 13.0. The van der Waals surface area contributed by atoms with E-state index in [9.17, 15) is 14.4 Å². The Hall–Kier alpha value is -2.12. The van der Waals surface area contributed by atoms with Crippen LogP contribution in [-0.2, 0) is 22.7 Å². The third-order valence-electron chi connectivity index (χ3n) is 5.48. The summed E-state index contributed by atoms with van der Waals surface area (Å²) in [5.74, 6) is -0.143. The van der Waals surface area contributed by atoms with Crippen LogP contribution in [0.1, 0.15) is 49.7 Å². The first kappa shape index (κ1) is 22.2. The lowest BCUT2D eigenvalue weighted by molar-refractivity contribution is -0.132. The number of imide groups is 1. The van der Waals surface area contributed by atoms with Crippen molar-refractivity contribution in [3.05, 3.63) is 35.4 Å². The molecule has 0 unspecified atom stereocenters. The Morgan fingerprint density at radius 1 is 1.14 bits per heavy atom. The number of benzene rings is 1. The van der Waals surface area contributed by atoms with Crippen molar-refractivity contribution in [3.63, 3.8) is 0 Å². The standard InChI is InChI=1S/C20H28N4O3.ClH/c1-21-12-9-17(25)22-13-15-7-3-4-8-16(15)14-24-18(26)20(23-19(24)27)10-5-2-6-11-20;/h3-4,7-8,21H,2,5-6,9-14H2,1H3,(H,22,25)(H,23,27);1H. The molecule has 1 aromatic rings. The normalized spacial score (nSPS) is 18.0. The number of amides is 4. The SMILES string of the molecule is CNCCC(=O)NCc1ccccc1CN1C(=O)NC2(CCCCC2)C1=O.Cl. The third-order valence-corrected chi connectivity index (χ3v) is 5.48. The predicted octanol–water partition coefficient (Wildman–Crippen LogP) is 2.09. The number of nitrogens with one attached hydrogen (secondary N) is 3. The molecule has 0 bridgehead atoms. The first-order valence-electron chi connectivity index (χ1n) is 9.68. The molecule has 1 aliphatic carbocycles. The molecule has 1 spiro atoms. The Balaban J connectivity index is 0.00000280. The van der Waals surface area contributed by atoms with Gasteiger partial charge in [-0.15, -0.1) is 12.4 Å². The van der Waals surface area contributed by atoms with E-state index < -0.39 is 5.54 Å². The molecular formula is C20H29ClN4O3. The molecule has 3 N–H and O–H groups in total. The molecule has 2 aliphatic rings. The maximum atomic E-state index is 13.0. The van der Waals surface area contributed by atoms with E-state index in [0.29, 0.717) is 19.5 Å². The van der Waals surface area contributed by atoms with Crippen molar-refractivity contribution in [1.82, 2.24) is 20.9 Å². The summed E-state index contributed by atoms with van der Waals surface area (Å²) in [5.41, 5.74) is 1.09. The zero-order valence-electron chi connectivity index (χ0n) is 16.3. The van der Waals surface area contributed by atoms with Crippen LogP contribution in [-0.4, -0.2) is 41.9 Å². The number of rotatable bonds is 7. The molecule has 0 atom stereocenters. The van der Waals surface area contributed by atoms with Crippen molar-refractivity contribution < 1.29 is 14.4 Å². The Morgan fingerprint density at radius 3 is 2.50 bits per heavy atom. The largest absolute Gasteiger partial charge is 0.352 e. The first-order chi connectivity index (χ1) is 13.1. The average Bonchev–Trinajstić information content (AvgIpc) is 2.90. The minimum atomic E-state index is -0.703. The van der Waals surface area contributed by atoms with Gasteiger partial charge in [-0.05, 0) is 31.0 Å². The molecule has 0 radical (unpaired) electrons. The van der Waals surface area contributed by atoms with Gasteiger partial charge in [0.15, 0.2) is 0 Å². The van der Waals surface area contributed by atoms with Crippen LogP contribution in [0.25, 0.3) is 0 Å². The van der Waals surface area contributed by atoms with E-state index in [4.69, 9.17) is 0 Å². The topological polar surface area (TPSA) is 90.5 Å². The molecule has 1 aromatic carbocycles. The lowest BCUT2D eigenvalue weighted by atomic mass is 9.81. The number of nitrogens with zero attached hydrogens (tertiary/aromatic N) is 1. The molecule has 4 amide bonds. The van der Waals surface area contributed by atoms with E-state index >= 15 is 0 Å². The van der Waals surface area contributed by atoms with Crippen LogP contribution in [0.15, 0.2) is 24.3 Å². The summed E-state index contributed by atoms with van der Waals surface area (Å²) >= 11 is 0. The molecule has 2 fully saturated rings. The van der Waals surface area contributed by atoms with Gasteiger partial charge in [0.25, 0.3) is 5.91 Å². The molecule has 154 valence electrons. The highest BCUT2D eigenvalue weighted by molar-refractivity contribution is 6.07. The number of halogens is 1. The molecule has 3 rings (SSSR count).